The van der Waals surface area contributed by atoms with E-state index in [2.05, 4.69) is 83.1 Å². The number of hydrogen-bond donors (Lipinski definition) is 0. The first-order valence-corrected chi connectivity index (χ1v) is 13.8. The lowest BCUT2D eigenvalue weighted by molar-refractivity contribution is 0.0135. The predicted molar refractivity (Wildman–Crippen MR) is 138 cm³/mol. The summed E-state index contributed by atoms with van der Waals surface area (Å²) in [6.07, 6.45) is 13.3. The van der Waals surface area contributed by atoms with Crippen LogP contribution < -0.4 is 0 Å². The van der Waals surface area contributed by atoms with Gasteiger partial charge in [0.25, 0.3) is 0 Å². The van der Waals surface area contributed by atoms with E-state index in [4.69, 9.17) is 0 Å². The lowest BCUT2D eigenvalue weighted by Crippen LogP contribution is -2.39. The number of rotatable bonds is 6. The Labute approximate surface area is 192 Å². The molecule has 0 aromatic heterocycles. The fraction of sp³-hybridized carbons (Fsp3) is 1.00. The van der Waals surface area contributed by atoms with Crippen LogP contribution in [0.4, 0.5) is 0 Å². The van der Waals surface area contributed by atoms with Crippen LogP contribution in [-0.4, -0.2) is 0 Å². The average Bonchev–Trinajstić information content (AvgIpc) is 3.24. The molecular formula is C30H60. The highest BCUT2D eigenvalue weighted by atomic mass is 14.5. The predicted octanol–water partition coefficient (Wildman–Crippen LogP) is 10.4. The van der Waals surface area contributed by atoms with Crippen molar-refractivity contribution in [2.24, 2.45) is 51.8 Å². The number of hydrogen-bond acceptors (Lipinski definition) is 0. The summed E-state index contributed by atoms with van der Waals surface area (Å²) < 4.78 is 0. The van der Waals surface area contributed by atoms with E-state index in [-0.39, 0.29) is 0 Å². The van der Waals surface area contributed by atoms with Gasteiger partial charge in [-0.1, -0.05) is 102 Å². The van der Waals surface area contributed by atoms with Gasteiger partial charge in [-0.05, 0) is 90.3 Å². The second-order valence-corrected chi connectivity index (χ2v) is 13.2. The zero-order chi connectivity index (χ0) is 23.3. The third-order valence-electron chi connectivity index (χ3n) is 10.5. The van der Waals surface area contributed by atoms with Gasteiger partial charge in [-0.25, -0.2) is 0 Å². The highest BCUT2D eigenvalue weighted by Gasteiger charge is 2.47. The van der Waals surface area contributed by atoms with Crippen LogP contribution in [0.2, 0.25) is 0 Å². The molecule has 3 rings (SSSR count). The minimum absolute atomic E-state index is 0.694. The van der Waals surface area contributed by atoms with E-state index >= 15 is 0 Å². The van der Waals surface area contributed by atoms with Crippen molar-refractivity contribution in [2.45, 2.75) is 141 Å². The molecule has 0 heterocycles. The van der Waals surface area contributed by atoms with E-state index in [1.807, 2.05) is 0 Å². The van der Waals surface area contributed by atoms with Gasteiger partial charge < -0.3 is 0 Å². The minimum atomic E-state index is 0.694. The first kappa shape index (κ1) is 28.0. The molecule has 3 aliphatic rings. The van der Waals surface area contributed by atoms with Crippen LogP contribution in [-0.2, 0) is 0 Å². The lowest BCUT2D eigenvalue weighted by atomic mass is 9.56. The molecule has 0 amide bonds. The molecule has 30 heavy (non-hydrogen) atoms. The maximum Gasteiger partial charge on any atom is -0.0251 e. The molecule has 3 fully saturated rings. The summed E-state index contributed by atoms with van der Waals surface area (Å²) in [7, 11) is 0. The highest BCUT2D eigenvalue weighted by Crippen LogP contribution is 2.57. The second-order valence-electron chi connectivity index (χ2n) is 13.2. The van der Waals surface area contributed by atoms with E-state index in [1.54, 1.807) is 0 Å². The Bertz CT molecular complexity index is 432. The first-order chi connectivity index (χ1) is 13.8. The molecule has 0 radical (unpaired) electrons. The Morgan fingerprint density at radius 2 is 0.500 bits per heavy atom. The summed E-state index contributed by atoms with van der Waals surface area (Å²) in [6, 6.07) is 0. The molecule has 0 saturated heterocycles. The molecule has 0 nitrogen and oxygen atoms in total. The van der Waals surface area contributed by atoms with Crippen LogP contribution in [0.5, 0.6) is 0 Å². The lowest BCUT2D eigenvalue weighted by Gasteiger charge is -2.49. The van der Waals surface area contributed by atoms with Gasteiger partial charge in [-0.2, -0.15) is 0 Å². The Kier molecular flexibility index (Phi) is 10.5. The SMILES string of the molecule is CC(C)C1(C(C)C)CC1.CC(C)C1(C(C)C)CCC1.CC(C)C1(C(C)C)CCCC1. The fourth-order valence-corrected chi connectivity index (χ4v) is 7.23. The van der Waals surface area contributed by atoms with Crippen LogP contribution >= 0.6 is 0 Å². The summed E-state index contributed by atoms with van der Waals surface area (Å²) in [5, 5.41) is 0. The molecule has 180 valence electrons. The van der Waals surface area contributed by atoms with Crippen LogP contribution in [0.15, 0.2) is 0 Å². The average molecular weight is 421 g/mol. The molecule has 0 atom stereocenters. The smallest absolute Gasteiger partial charge is 0.0251 e. The van der Waals surface area contributed by atoms with Crippen molar-refractivity contribution < 1.29 is 0 Å². The highest BCUT2D eigenvalue weighted by molar-refractivity contribution is 4.97. The van der Waals surface area contributed by atoms with Crippen molar-refractivity contribution in [1.82, 2.24) is 0 Å². The van der Waals surface area contributed by atoms with Crippen LogP contribution in [0.25, 0.3) is 0 Å². The summed E-state index contributed by atoms with van der Waals surface area (Å²) >= 11 is 0. The molecule has 3 aliphatic carbocycles. The van der Waals surface area contributed by atoms with E-state index in [0.717, 1.165) is 46.3 Å². The maximum atomic E-state index is 2.39. The maximum absolute atomic E-state index is 2.39. The Morgan fingerprint density at radius 3 is 0.567 bits per heavy atom. The van der Waals surface area contributed by atoms with Crippen molar-refractivity contribution in [2.75, 3.05) is 0 Å². The van der Waals surface area contributed by atoms with Crippen LogP contribution in [0.1, 0.15) is 141 Å². The topological polar surface area (TPSA) is 0 Å². The Balaban J connectivity index is 0.000000226. The van der Waals surface area contributed by atoms with E-state index < -0.39 is 0 Å². The summed E-state index contributed by atoms with van der Waals surface area (Å²) in [5.41, 5.74) is 2.17. The second kappa shape index (κ2) is 11.2. The molecule has 0 N–H and O–H groups in total. The van der Waals surface area contributed by atoms with Gasteiger partial charge in [0, 0.05) is 0 Å². The molecule has 0 spiro atoms. The normalized spacial score (nSPS) is 23.4. The largest absolute Gasteiger partial charge is 0.0622 e. The van der Waals surface area contributed by atoms with Crippen molar-refractivity contribution >= 4 is 0 Å². The zero-order valence-corrected chi connectivity index (χ0v) is 23.3. The Hall–Kier alpha value is 0. The van der Waals surface area contributed by atoms with Gasteiger partial charge >= 0.3 is 0 Å². The standard InChI is InChI=1S/C11H22.C10H20.C9H18/c1-9(2)11(10(3)4)7-5-6-8-11;1-8(2)10(9(3)4)6-5-7-10;1-7(2)9(5-6-9)8(3)4/h9-10H,5-8H2,1-4H3;8-9H,5-7H2,1-4H3;7-8H,5-6H2,1-4H3. The quantitative estimate of drug-likeness (QED) is 0.401. The summed E-state index contributed by atoms with van der Waals surface area (Å²) in [6.45, 7) is 28.5. The van der Waals surface area contributed by atoms with Gasteiger partial charge in [-0.15, -0.1) is 0 Å². The van der Waals surface area contributed by atoms with Gasteiger partial charge in [0.1, 0.15) is 0 Å². The molecule has 0 bridgehead atoms. The molecule has 0 heteroatoms. The summed E-state index contributed by atoms with van der Waals surface area (Å²) in [5.74, 6) is 5.34. The van der Waals surface area contributed by atoms with E-state index in [1.165, 1.54) is 57.8 Å². The monoisotopic (exact) mass is 420 g/mol. The Morgan fingerprint density at radius 1 is 0.300 bits per heavy atom. The molecule has 0 aromatic carbocycles. The molecular weight excluding hydrogens is 360 g/mol. The van der Waals surface area contributed by atoms with E-state index in [9.17, 15) is 0 Å². The first-order valence-electron chi connectivity index (χ1n) is 13.8. The van der Waals surface area contributed by atoms with Crippen LogP contribution in [0, 0.1) is 51.8 Å². The third kappa shape index (κ3) is 6.07. The van der Waals surface area contributed by atoms with Gasteiger partial charge in [0.2, 0.25) is 0 Å². The van der Waals surface area contributed by atoms with E-state index in [0.29, 0.717) is 5.41 Å². The van der Waals surface area contributed by atoms with Gasteiger partial charge in [-0.3, -0.25) is 0 Å². The van der Waals surface area contributed by atoms with Crippen molar-refractivity contribution in [3.8, 4) is 0 Å². The van der Waals surface area contributed by atoms with Gasteiger partial charge in [0.05, 0.1) is 0 Å². The zero-order valence-electron chi connectivity index (χ0n) is 23.3. The minimum Gasteiger partial charge on any atom is -0.0622 e. The molecule has 3 saturated carbocycles. The fourth-order valence-electron chi connectivity index (χ4n) is 7.23. The molecule has 0 unspecified atom stereocenters. The van der Waals surface area contributed by atoms with Gasteiger partial charge in [0.15, 0.2) is 0 Å². The van der Waals surface area contributed by atoms with Crippen molar-refractivity contribution in [1.29, 1.82) is 0 Å². The molecule has 0 aliphatic heterocycles. The van der Waals surface area contributed by atoms with Crippen molar-refractivity contribution in [3.05, 3.63) is 0 Å². The van der Waals surface area contributed by atoms with Crippen LogP contribution in [0.3, 0.4) is 0 Å². The van der Waals surface area contributed by atoms with Crippen molar-refractivity contribution in [3.63, 3.8) is 0 Å². The third-order valence-corrected chi connectivity index (χ3v) is 10.5. The summed E-state index contributed by atoms with van der Waals surface area (Å²) in [4.78, 5) is 0. The molecule has 0 aromatic rings.